The number of benzene rings is 1. The molecule has 0 N–H and O–H groups in total. The molecule has 1 aromatic rings. The van der Waals surface area contributed by atoms with Crippen molar-refractivity contribution in [2.24, 2.45) is 0 Å². The first-order valence-electron chi connectivity index (χ1n) is 4.71. The predicted octanol–water partition coefficient (Wildman–Crippen LogP) is 2.46. The molecule has 5 nitrogen and oxygen atoms in total. The fourth-order valence-corrected chi connectivity index (χ4v) is 1.41. The zero-order valence-corrected chi connectivity index (χ0v) is 9.23. The minimum atomic E-state index is -4.41. The number of anilines is 1. The van der Waals surface area contributed by atoms with Crippen LogP contribution in [0.5, 0.6) is 0 Å². The third kappa shape index (κ3) is 3.35. The van der Waals surface area contributed by atoms with E-state index < -0.39 is 17.6 Å². The van der Waals surface area contributed by atoms with Gasteiger partial charge in [0.1, 0.15) is 12.6 Å². The van der Waals surface area contributed by atoms with Gasteiger partial charge in [0.05, 0.1) is 16.2 Å². The lowest BCUT2D eigenvalue weighted by Crippen LogP contribution is -2.31. The van der Waals surface area contributed by atoms with Gasteiger partial charge in [0.25, 0.3) is 5.69 Å². The number of nitriles is 1. The highest BCUT2D eigenvalue weighted by molar-refractivity contribution is 5.62. The Morgan fingerprint density at radius 1 is 1.50 bits per heavy atom. The molecule has 96 valence electrons. The Morgan fingerprint density at radius 2 is 2.11 bits per heavy atom. The fourth-order valence-electron chi connectivity index (χ4n) is 1.41. The topological polar surface area (TPSA) is 70.2 Å². The minimum Gasteiger partial charge on any atom is -0.365 e. The van der Waals surface area contributed by atoms with Gasteiger partial charge in [-0.3, -0.25) is 10.1 Å². The van der Waals surface area contributed by atoms with Gasteiger partial charge in [-0.25, -0.2) is 0 Å². The summed E-state index contributed by atoms with van der Waals surface area (Å²) in [5.41, 5.74) is -0.507. The van der Waals surface area contributed by atoms with E-state index in [0.717, 1.165) is 30.1 Å². The number of nitro benzene ring substituents is 1. The van der Waals surface area contributed by atoms with Gasteiger partial charge >= 0.3 is 6.18 Å². The molecule has 0 aliphatic rings. The van der Waals surface area contributed by atoms with Gasteiger partial charge in [-0.2, -0.15) is 18.4 Å². The van der Waals surface area contributed by atoms with Crippen molar-refractivity contribution < 1.29 is 18.1 Å². The molecule has 0 aromatic heterocycles. The number of hydrogen-bond donors (Lipinski definition) is 0. The van der Waals surface area contributed by atoms with E-state index in [9.17, 15) is 23.3 Å². The van der Waals surface area contributed by atoms with Crippen LogP contribution in [-0.4, -0.2) is 24.7 Å². The van der Waals surface area contributed by atoms with Crippen LogP contribution in [0.15, 0.2) is 18.2 Å². The third-order valence-electron chi connectivity index (χ3n) is 2.14. The Hall–Kier alpha value is -2.30. The van der Waals surface area contributed by atoms with E-state index in [-0.39, 0.29) is 16.9 Å². The van der Waals surface area contributed by atoms with Crippen LogP contribution in [-0.2, 0) is 0 Å². The summed E-state index contributed by atoms with van der Waals surface area (Å²) in [7, 11) is 1.16. The summed E-state index contributed by atoms with van der Waals surface area (Å²) < 4.78 is 36.6. The lowest BCUT2D eigenvalue weighted by Gasteiger charge is -2.21. The number of rotatable bonds is 3. The molecule has 0 radical (unpaired) electrons. The van der Waals surface area contributed by atoms with Crippen molar-refractivity contribution >= 4 is 11.4 Å². The number of hydrogen-bond acceptors (Lipinski definition) is 4. The third-order valence-corrected chi connectivity index (χ3v) is 2.14. The monoisotopic (exact) mass is 259 g/mol. The molecule has 0 bridgehead atoms. The molecule has 0 saturated heterocycles. The maximum absolute atomic E-state index is 12.2. The van der Waals surface area contributed by atoms with Crippen LogP contribution >= 0.6 is 0 Å². The molecule has 0 heterocycles. The predicted molar refractivity (Wildman–Crippen MR) is 57.1 cm³/mol. The molecule has 0 aliphatic heterocycles. The maximum Gasteiger partial charge on any atom is 0.405 e. The minimum absolute atomic E-state index is 0.000394. The van der Waals surface area contributed by atoms with E-state index in [4.69, 9.17) is 5.26 Å². The summed E-state index contributed by atoms with van der Waals surface area (Å²) in [5.74, 6) is 0. The summed E-state index contributed by atoms with van der Waals surface area (Å²) in [5, 5.41) is 19.3. The molecule has 1 rings (SSSR count). The molecule has 0 spiro atoms. The lowest BCUT2D eigenvalue weighted by molar-refractivity contribution is -0.384. The van der Waals surface area contributed by atoms with Crippen LogP contribution < -0.4 is 4.90 Å². The van der Waals surface area contributed by atoms with Gasteiger partial charge in [0.15, 0.2) is 0 Å². The summed E-state index contributed by atoms with van der Waals surface area (Å²) in [4.78, 5) is 10.6. The van der Waals surface area contributed by atoms with Crippen LogP contribution in [0.25, 0.3) is 0 Å². The number of nitro groups is 1. The molecule has 0 saturated carbocycles. The molecule has 1 aromatic carbocycles. The van der Waals surface area contributed by atoms with Crippen molar-refractivity contribution in [2.75, 3.05) is 18.5 Å². The van der Waals surface area contributed by atoms with Crippen molar-refractivity contribution in [3.05, 3.63) is 33.9 Å². The quantitative estimate of drug-likeness (QED) is 0.617. The molecule has 0 amide bonds. The second-order valence-electron chi connectivity index (χ2n) is 3.54. The van der Waals surface area contributed by atoms with E-state index in [1.54, 1.807) is 6.07 Å². The van der Waals surface area contributed by atoms with Crippen molar-refractivity contribution in [3.63, 3.8) is 0 Å². The van der Waals surface area contributed by atoms with E-state index in [1.165, 1.54) is 0 Å². The van der Waals surface area contributed by atoms with Crippen LogP contribution in [0.3, 0.4) is 0 Å². The molecule has 0 fully saturated rings. The largest absolute Gasteiger partial charge is 0.405 e. The number of halogens is 3. The van der Waals surface area contributed by atoms with Gasteiger partial charge in [0, 0.05) is 19.2 Å². The van der Waals surface area contributed by atoms with Crippen LogP contribution in [0.1, 0.15) is 5.56 Å². The SMILES string of the molecule is CN(CC(F)(F)F)c1ccc([N+](=O)[O-])cc1C#N. The standard InChI is InChI=1S/C10H8F3N3O2/c1-15(6-10(11,12)13)9-3-2-8(16(17)18)4-7(9)5-14/h2-4H,6H2,1H3. The van der Waals surface area contributed by atoms with Gasteiger partial charge in [0.2, 0.25) is 0 Å². The molecule has 18 heavy (non-hydrogen) atoms. The van der Waals surface area contributed by atoms with Gasteiger partial charge in [-0.15, -0.1) is 0 Å². The molecule has 0 aliphatic carbocycles. The first kappa shape index (κ1) is 13.8. The van der Waals surface area contributed by atoms with E-state index in [1.807, 2.05) is 0 Å². The van der Waals surface area contributed by atoms with Crippen molar-refractivity contribution in [2.45, 2.75) is 6.18 Å². The Kier molecular flexibility index (Phi) is 3.76. The van der Waals surface area contributed by atoms with Crippen molar-refractivity contribution in [1.82, 2.24) is 0 Å². The average molecular weight is 259 g/mol. The Bertz CT molecular complexity index is 508. The second-order valence-corrected chi connectivity index (χ2v) is 3.54. The zero-order valence-electron chi connectivity index (χ0n) is 9.23. The van der Waals surface area contributed by atoms with Gasteiger partial charge in [-0.1, -0.05) is 0 Å². The smallest absolute Gasteiger partial charge is 0.365 e. The molecule has 0 atom stereocenters. The van der Waals surface area contributed by atoms with Crippen LogP contribution in [0.4, 0.5) is 24.5 Å². The first-order valence-corrected chi connectivity index (χ1v) is 4.71. The maximum atomic E-state index is 12.2. The summed E-state index contributed by atoms with van der Waals surface area (Å²) >= 11 is 0. The lowest BCUT2D eigenvalue weighted by atomic mass is 10.1. The number of alkyl halides is 3. The first-order chi connectivity index (χ1) is 8.24. The highest BCUT2D eigenvalue weighted by Crippen LogP contribution is 2.26. The summed E-state index contributed by atoms with van der Waals surface area (Å²) in [6.07, 6.45) is -4.41. The van der Waals surface area contributed by atoms with Crippen LogP contribution in [0, 0.1) is 21.4 Å². The highest BCUT2D eigenvalue weighted by Gasteiger charge is 2.30. The van der Waals surface area contributed by atoms with E-state index in [2.05, 4.69) is 0 Å². The molecular weight excluding hydrogens is 251 g/mol. The van der Waals surface area contributed by atoms with Crippen LogP contribution in [0.2, 0.25) is 0 Å². The van der Waals surface area contributed by atoms with Gasteiger partial charge in [-0.05, 0) is 6.07 Å². The van der Waals surface area contributed by atoms with E-state index in [0.29, 0.717) is 0 Å². The molecular formula is C10H8F3N3O2. The van der Waals surface area contributed by atoms with Crippen molar-refractivity contribution in [3.8, 4) is 6.07 Å². The Morgan fingerprint density at radius 3 is 2.56 bits per heavy atom. The second kappa shape index (κ2) is 4.91. The average Bonchev–Trinajstić information content (AvgIpc) is 2.25. The van der Waals surface area contributed by atoms with Gasteiger partial charge < -0.3 is 4.90 Å². The number of nitrogens with zero attached hydrogens (tertiary/aromatic N) is 3. The fraction of sp³-hybridized carbons (Fsp3) is 0.300. The molecule has 0 unspecified atom stereocenters. The number of non-ortho nitro benzene ring substituents is 1. The highest BCUT2D eigenvalue weighted by atomic mass is 19.4. The molecule has 8 heteroatoms. The Balaban J connectivity index is 3.11. The Labute approximate surface area is 100 Å². The normalized spacial score (nSPS) is 10.8. The van der Waals surface area contributed by atoms with E-state index >= 15 is 0 Å². The summed E-state index contributed by atoms with van der Waals surface area (Å²) in [6.45, 7) is -1.24. The summed E-state index contributed by atoms with van der Waals surface area (Å²) in [6, 6.07) is 4.78. The zero-order chi connectivity index (χ0) is 13.9. The van der Waals surface area contributed by atoms with Crippen molar-refractivity contribution in [1.29, 1.82) is 5.26 Å².